The van der Waals surface area contributed by atoms with Crippen LogP contribution in [0.5, 0.6) is 0 Å². The molecule has 0 saturated carbocycles. The SMILES string of the molecule is CCO[C@@H]([C@H](NS(=O)(=O)c1ccc([N+](=O)[O-])cc1)c1ccccc1)N(c1ccccc1)S(=O)(=O)c1ccccc1. The van der Waals surface area contributed by atoms with Crippen molar-refractivity contribution < 1.29 is 26.5 Å². The summed E-state index contributed by atoms with van der Waals surface area (Å²) in [5.74, 6) is 0. The molecule has 4 aromatic carbocycles. The lowest BCUT2D eigenvalue weighted by Crippen LogP contribution is -2.50. The van der Waals surface area contributed by atoms with Gasteiger partial charge in [-0.2, -0.15) is 4.72 Å². The topological polar surface area (TPSA) is 136 Å². The summed E-state index contributed by atoms with van der Waals surface area (Å²) in [4.78, 5) is 10.2. The highest BCUT2D eigenvalue weighted by Crippen LogP contribution is 2.33. The summed E-state index contributed by atoms with van der Waals surface area (Å²) >= 11 is 0. The third kappa shape index (κ3) is 6.37. The molecule has 208 valence electrons. The number of nitro groups is 1. The van der Waals surface area contributed by atoms with Crippen molar-refractivity contribution in [1.29, 1.82) is 0 Å². The molecule has 0 aliphatic heterocycles. The molecule has 40 heavy (non-hydrogen) atoms. The van der Waals surface area contributed by atoms with Crippen molar-refractivity contribution in [3.05, 3.63) is 131 Å². The van der Waals surface area contributed by atoms with Crippen LogP contribution in [0.25, 0.3) is 0 Å². The van der Waals surface area contributed by atoms with Gasteiger partial charge in [0.15, 0.2) is 6.23 Å². The standard InChI is InChI=1S/C28H27N3O7S2/c1-2-38-28(30(23-14-8-4-9-15-23)40(36,37)26-16-10-5-11-17-26)27(22-12-6-3-7-13-22)29-39(34,35)25-20-18-24(19-21-25)31(32)33/h3-21,27-29H,2H2,1H3/t27-,28+/m1/s1. The molecular formula is C28H27N3O7S2. The molecule has 0 aromatic heterocycles. The number of non-ortho nitro benzene ring substituents is 1. The first-order valence-corrected chi connectivity index (χ1v) is 15.2. The predicted molar refractivity (Wildman–Crippen MR) is 151 cm³/mol. The molecule has 0 unspecified atom stereocenters. The van der Waals surface area contributed by atoms with Gasteiger partial charge in [0, 0.05) is 18.7 Å². The molecule has 0 fully saturated rings. The summed E-state index contributed by atoms with van der Waals surface area (Å²) in [6, 6.07) is 27.7. The summed E-state index contributed by atoms with van der Waals surface area (Å²) in [5.41, 5.74) is 0.436. The van der Waals surface area contributed by atoms with Crippen molar-refractivity contribution >= 4 is 31.4 Å². The fourth-order valence-corrected chi connectivity index (χ4v) is 6.91. The number of nitro benzene ring substituents is 1. The number of anilines is 1. The maximum atomic E-state index is 14.1. The van der Waals surface area contributed by atoms with Crippen molar-refractivity contribution in [3.63, 3.8) is 0 Å². The zero-order valence-corrected chi connectivity index (χ0v) is 23.0. The first-order chi connectivity index (χ1) is 19.1. The fraction of sp³-hybridized carbons (Fsp3) is 0.143. The van der Waals surface area contributed by atoms with Crippen molar-refractivity contribution in [3.8, 4) is 0 Å². The minimum absolute atomic E-state index is 0.00593. The van der Waals surface area contributed by atoms with E-state index in [2.05, 4.69) is 4.72 Å². The summed E-state index contributed by atoms with van der Waals surface area (Å²) in [6.07, 6.45) is -1.37. The van der Waals surface area contributed by atoms with Crippen LogP contribution < -0.4 is 9.03 Å². The Kier molecular flexibility index (Phi) is 8.95. The molecule has 0 amide bonds. The van der Waals surface area contributed by atoms with Gasteiger partial charge in [-0.25, -0.2) is 21.1 Å². The van der Waals surface area contributed by atoms with Crippen LogP contribution in [0, 0.1) is 10.1 Å². The van der Waals surface area contributed by atoms with Gasteiger partial charge < -0.3 is 4.74 Å². The Morgan fingerprint density at radius 1 is 0.775 bits per heavy atom. The minimum Gasteiger partial charge on any atom is -0.355 e. The molecule has 4 aromatic rings. The largest absolute Gasteiger partial charge is 0.355 e. The Bertz CT molecular complexity index is 1630. The third-order valence-electron chi connectivity index (χ3n) is 5.96. The number of hydrogen-bond acceptors (Lipinski definition) is 7. The quantitative estimate of drug-likeness (QED) is 0.143. The number of hydrogen-bond donors (Lipinski definition) is 1. The highest BCUT2D eigenvalue weighted by Gasteiger charge is 2.40. The molecule has 0 spiro atoms. The second kappa shape index (κ2) is 12.4. The monoisotopic (exact) mass is 581 g/mol. The second-order valence-electron chi connectivity index (χ2n) is 8.56. The van der Waals surface area contributed by atoms with Crippen LogP contribution in [0.2, 0.25) is 0 Å². The van der Waals surface area contributed by atoms with Crippen LogP contribution in [0.4, 0.5) is 11.4 Å². The van der Waals surface area contributed by atoms with E-state index in [1.54, 1.807) is 85.8 Å². The van der Waals surface area contributed by atoms with Crippen molar-refractivity contribution in [1.82, 2.24) is 4.72 Å². The number of benzene rings is 4. The lowest BCUT2D eigenvalue weighted by molar-refractivity contribution is -0.384. The fourth-order valence-electron chi connectivity index (χ4n) is 4.11. The summed E-state index contributed by atoms with van der Waals surface area (Å²) < 4.78 is 65.1. The number of nitrogens with one attached hydrogen (secondary N) is 1. The molecule has 12 heteroatoms. The van der Waals surface area contributed by atoms with Crippen LogP contribution >= 0.6 is 0 Å². The molecule has 0 radical (unpaired) electrons. The third-order valence-corrected chi connectivity index (χ3v) is 9.22. The first-order valence-electron chi connectivity index (χ1n) is 12.2. The summed E-state index contributed by atoms with van der Waals surface area (Å²) in [7, 11) is -8.58. The van der Waals surface area contributed by atoms with Gasteiger partial charge in [-0.15, -0.1) is 0 Å². The summed E-state index contributed by atoms with van der Waals surface area (Å²) in [6.45, 7) is 1.74. The van der Waals surface area contributed by atoms with Gasteiger partial charge >= 0.3 is 0 Å². The summed E-state index contributed by atoms with van der Waals surface area (Å²) in [5, 5.41) is 11.1. The second-order valence-corrected chi connectivity index (χ2v) is 12.1. The number of para-hydroxylation sites is 1. The normalized spacial score (nSPS) is 13.3. The van der Waals surface area contributed by atoms with E-state index < -0.39 is 37.2 Å². The van der Waals surface area contributed by atoms with E-state index in [0.29, 0.717) is 5.56 Å². The molecule has 0 aliphatic rings. The van der Waals surface area contributed by atoms with Crippen molar-refractivity contribution in [2.24, 2.45) is 0 Å². The molecule has 0 saturated heterocycles. The molecule has 0 bridgehead atoms. The van der Waals surface area contributed by atoms with Crippen LogP contribution in [0.1, 0.15) is 18.5 Å². The Hall–Kier alpha value is -4.10. The van der Waals surface area contributed by atoms with Crippen LogP contribution in [-0.4, -0.2) is 34.6 Å². The smallest absolute Gasteiger partial charge is 0.269 e. The average Bonchev–Trinajstić information content (AvgIpc) is 2.97. The lowest BCUT2D eigenvalue weighted by atomic mass is 10.1. The van der Waals surface area contributed by atoms with E-state index in [9.17, 15) is 26.9 Å². The maximum absolute atomic E-state index is 14.1. The zero-order valence-electron chi connectivity index (χ0n) is 21.4. The zero-order chi connectivity index (χ0) is 28.8. The molecule has 2 atom stereocenters. The van der Waals surface area contributed by atoms with Gasteiger partial charge in [0.1, 0.15) is 0 Å². The Labute approximate surface area is 233 Å². The van der Waals surface area contributed by atoms with Crippen molar-refractivity contribution in [2.75, 3.05) is 10.9 Å². The number of nitrogens with zero attached hydrogens (tertiary/aromatic N) is 2. The van der Waals surface area contributed by atoms with Crippen LogP contribution in [0.3, 0.4) is 0 Å². The van der Waals surface area contributed by atoms with E-state index in [4.69, 9.17) is 4.74 Å². The molecular weight excluding hydrogens is 554 g/mol. The van der Waals surface area contributed by atoms with Gasteiger partial charge in [0.2, 0.25) is 10.0 Å². The Balaban J connectivity index is 1.88. The van der Waals surface area contributed by atoms with Gasteiger partial charge in [0.05, 0.1) is 26.4 Å². The number of rotatable bonds is 12. The van der Waals surface area contributed by atoms with Gasteiger partial charge in [-0.1, -0.05) is 66.7 Å². The highest BCUT2D eigenvalue weighted by atomic mass is 32.2. The lowest BCUT2D eigenvalue weighted by Gasteiger charge is -2.37. The highest BCUT2D eigenvalue weighted by molar-refractivity contribution is 7.93. The number of sulfonamides is 2. The van der Waals surface area contributed by atoms with Gasteiger partial charge in [0.25, 0.3) is 15.7 Å². The van der Waals surface area contributed by atoms with E-state index in [-0.39, 0.29) is 27.8 Å². The average molecular weight is 582 g/mol. The van der Waals surface area contributed by atoms with E-state index in [1.165, 1.54) is 12.1 Å². The number of ether oxygens (including phenoxy) is 1. The maximum Gasteiger partial charge on any atom is 0.269 e. The van der Waals surface area contributed by atoms with Gasteiger partial charge in [-0.05, 0) is 48.9 Å². The Morgan fingerprint density at radius 2 is 1.30 bits per heavy atom. The Morgan fingerprint density at radius 3 is 1.82 bits per heavy atom. The van der Waals surface area contributed by atoms with Crippen LogP contribution in [0.15, 0.2) is 125 Å². The molecule has 1 N–H and O–H groups in total. The molecule has 0 aliphatic carbocycles. The predicted octanol–water partition coefficient (Wildman–Crippen LogP) is 4.87. The van der Waals surface area contributed by atoms with E-state index >= 15 is 0 Å². The molecule has 10 nitrogen and oxygen atoms in total. The van der Waals surface area contributed by atoms with Gasteiger partial charge in [-0.3, -0.25) is 10.1 Å². The molecule has 4 rings (SSSR count). The van der Waals surface area contributed by atoms with E-state index in [1.807, 2.05) is 0 Å². The van der Waals surface area contributed by atoms with E-state index in [0.717, 1.165) is 28.6 Å². The molecule has 0 heterocycles. The van der Waals surface area contributed by atoms with Crippen LogP contribution in [-0.2, 0) is 24.8 Å². The minimum atomic E-state index is -4.31. The van der Waals surface area contributed by atoms with Crippen molar-refractivity contribution in [2.45, 2.75) is 29.0 Å². The first kappa shape index (κ1) is 28.9.